The van der Waals surface area contributed by atoms with Crippen molar-refractivity contribution in [1.82, 2.24) is 5.32 Å². The number of hydrogen-bond acceptors (Lipinski definition) is 2. The third-order valence-electron chi connectivity index (χ3n) is 4.20. The van der Waals surface area contributed by atoms with Crippen molar-refractivity contribution in [3.05, 3.63) is 30.3 Å². The van der Waals surface area contributed by atoms with Gasteiger partial charge in [-0.1, -0.05) is 53.4 Å². The number of hydrogen-bond donors (Lipinski definition) is 1. The van der Waals surface area contributed by atoms with E-state index in [2.05, 4.69) is 21.2 Å². The Morgan fingerprint density at radius 2 is 1.90 bits per heavy atom. The van der Waals surface area contributed by atoms with Crippen LogP contribution in [0.5, 0.6) is 5.75 Å². The highest BCUT2D eigenvalue weighted by molar-refractivity contribution is 9.09. The molecule has 116 valence electrons. The third-order valence-corrected chi connectivity index (χ3v) is 5.39. The number of ether oxygens (including phenoxy) is 1. The lowest BCUT2D eigenvalue weighted by Crippen LogP contribution is -2.40. The monoisotopic (exact) mass is 353 g/mol. The fourth-order valence-corrected chi connectivity index (χ4v) is 3.57. The first-order chi connectivity index (χ1) is 10.2. The summed E-state index contributed by atoms with van der Waals surface area (Å²) in [6.07, 6.45) is 6.70. The van der Waals surface area contributed by atoms with Crippen LogP contribution < -0.4 is 10.1 Å². The van der Waals surface area contributed by atoms with Crippen LogP contribution in [0.4, 0.5) is 0 Å². The van der Waals surface area contributed by atoms with Crippen molar-refractivity contribution in [2.45, 2.75) is 38.5 Å². The summed E-state index contributed by atoms with van der Waals surface area (Å²) in [6, 6.07) is 9.61. The van der Waals surface area contributed by atoms with Crippen LogP contribution in [0.3, 0.4) is 0 Å². The molecule has 3 nitrogen and oxygen atoms in total. The van der Waals surface area contributed by atoms with E-state index in [0.29, 0.717) is 13.0 Å². The van der Waals surface area contributed by atoms with Gasteiger partial charge in [-0.15, -0.1) is 0 Å². The SMILES string of the molecule is O=C(CCOc1ccccc1)NCC1(CBr)CCCCC1. The lowest BCUT2D eigenvalue weighted by Gasteiger charge is -2.35. The molecule has 1 aliphatic carbocycles. The maximum absolute atomic E-state index is 11.9. The normalized spacial score (nSPS) is 17.2. The molecule has 0 unspecified atom stereocenters. The minimum atomic E-state index is 0.0804. The van der Waals surface area contributed by atoms with E-state index in [1.807, 2.05) is 30.3 Å². The largest absolute Gasteiger partial charge is 0.493 e. The Kier molecular flexibility index (Phi) is 6.55. The van der Waals surface area contributed by atoms with Crippen molar-refractivity contribution in [3.63, 3.8) is 0 Å². The molecule has 2 rings (SSSR count). The molecule has 0 bridgehead atoms. The van der Waals surface area contributed by atoms with Crippen molar-refractivity contribution in [2.24, 2.45) is 5.41 Å². The number of halogens is 1. The molecule has 0 aromatic heterocycles. The number of carbonyl (C=O) groups excluding carboxylic acids is 1. The van der Waals surface area contributed by atoms with E-state index in [9.17, 15) is 4.79 Å². The van der Waals surface area contributed by atoms with Gasteiger partial charge in [0.25, 0.3) is 0 Å². The molecular weight excluding hydrogens is 330 g/mol. The van der Waals surface area contributed by atoms with Gasteiger partial charge in [-0.2, -0.15) is 0 Å². The Labute approximate surface area is 135 Å². The number of carbonyl (C=O) groups is 1. The Bertz CT molecular complexity index is 430. The van der Waals surface area contributed by atoms with Gasteiger partial charge in [0.15, 0.2) is 0 Å². The lowest BCUT2D eigenvalue weighted by atomic mass is 9.75. The van der Waals surface area contributed by atoms with E-state index in [0.717, 1.165) is 17.6 Å². The first-order valence-electron chi connectivity index (χ1n) is 7.75. The molecule has 0 heterocycles. The van der Waals surface area contributed by atoms with Gasteiger partial charge in [-0.25, -0.2) is 0 Å². The van der Waals surface area contributed by atoms with E-state index in [1.54, 1.807) is 0 Å². The van der Waals surface area contributed by atoms with Gasteiger partial charge in [0.2, 0.25) is 5.91 Å². The maximum atomic E-state index is 11.9. The average Bonchev–Trinajstić information content (AvgIpc) is 2.55. The van der Waals surface area contributed by atoms with Crippen LogP contribution in [0.15, 0.2) is 30.3 Å². The standard InChI is InChI=1S/C17H24BrNO2/c18-13-17(10-5-2-6-11-17)14-19-16(20)9-12-21-15-7-3-1-4-8-15/h1,3-4,7-8H,2,5-6,9-14H2,(H,19,20). The minimum absolute atomic E-state index is 0.0804. The summed E-state index contributed by atoms with van der Waals surface area (Å²) in [7, 11) is 0. The smallest absolute Gasteiger partial charge is 0.223 e. The number of rotatable bonds is 7. The van der Waals surface area contributed by atoms with Crippen molar-refractivity contribution in [2.75, 3.05) is 18.5 Å². The first-order valence-corrected chi connectivity index (χ1v) is 8.87. The Morgan fingerprint density at radius 1 is 1.19 bits per heavy atom. The fraction of sp³-hybridized carbons (Fsp3) is 0.588. The van der Waals surface area contributed by atoms with Crippen LogP contribution in [-0.4, -0.2) is 24.4 Å². The predicted octanol–water partition coefficient (Wildman–Crippen LogP) is 3.92. The molecule has 1 aliphatic rings. The van der Waals surface area contributed by atoms with E-state index in [4.69, 9.17) is 4.74 Å². The second-order valence-electron chi connectivity index (χ2n) is 5.88. The van der Waals surface area contributed by atoms with Crippen molar-refractivity contribution < 1.29 is 9.53 Å². The molecule has 1 saturated carbocycles. The molecule has 0 saturated heterocycles. The summed E-state index contributed by atoms with van der Waals surface area (Å²) in [4.78, 5) is 11.9. The van der Waals surface area contributed by atoms with Gasteiger partial charge in [0.05, 0.1) is 13.0 Å². The van der Waals surface area contributed by atoms with Crippen molar-refractivity contribution in [1.29, 1.82) is 0 Å². The number of nitrogens with one attached hydrogen (secondary N) is 1. The molecule has 4 heteroatoms. The summed E-state index contributed by atoms with van der Waals surface area (Å²) in [6.45, 7) is 1.21. The van der Waals surface area contributed by atoms with Gasteiger partial charge in [-0.05, 0) is 30.4 Å². The molecule has 21 heavy (non-hydrogen) atoms. The number of alkyl halides is 1. The zero-order chi connectivity index (χ0) is 15.0. The number of amides is 1. The molecule has 1 aromatic carbocycles. The van der Waals surface area contributed by atoms with Crippen LogP contribution >= 0.6 is 15.9 Å². The fourth-order valence-electron chi connectivity index (χ4n) is 2.81. The average molecular weight is 354 g/mol. The van der Waals surface area contributed by atoms with Gasteiger partial charge in [0, 0.05) is 11.9 Å². The molecule has 1 aromatic rings. The van der Waals surface area contributed by atoms with Gasteiger partial charge in [0.1, 0.15) is 5.75 Å². The minimum Gasteiger partial charge on any atom is -0.493 e. The van der Waals surface area contributed by atoms with Crippen LogP contribution in [0.2, 0.25) is 0 Å². The van der Waals surface area contributed by atoms with Crippen LogP contribution in [0, 0.1) is 5.41 Å². The van der Waals surface area contributed by atoms with Crippen LogP contribution in [-0.2, 0) is 4.79 Å². The summed E-state index contributed by atoms with van der Waals surface area (Å²) < 4.78 is 5.55. The highest BCUT2D eigenvalue weighted by Crippen LogP contribution is 2.37. The van der Waals surface area contributed by atoms with E-state index >= 15 is 0 Å². The van der Waals surface area contributed by atoms with Crippen LogP contribution in [0.1, 0.15) is 38.5 Å². The Hall–Kier alpha value is -1.03. The van der Waals surface area contributed by atoms with Crippen molar-refractivity contribution >= 4 is 21.8 Å². The highest BCUT2D eigenvalue weighted by Gasteiger charge is 2.31. The topological polar surface area (TPSA) is 38.3 Å². The number of benzene rings is 1. The summed E-state index contributed by atoms with van der Waals surface area (Å²) in [5, 5.41) is 4.05. The van der Waals surface area contributed by atoms with Crippen molar-refractivity contribution in [3.8, 4) is 5.75 Å². The second kappa shape index (κ2) is 8.42. The second-order valence-corrected chi connectivity index (χ2v) is 6.44. The number of para-hydroxylation sites is 1. The molecule has 0 spiro atoms. The van der Waals surface area contributed by atoms with E-state index in [1.165, 1.54) is 32.1 Å². The van der Waals surface area contributed by atoms with Crippen LogP contribution in [0.25, 0.3) is 0 Å². The summed E-state index contributed by atoms with van der Waals surface area (Å²) in [5.74, 6) is 0.895. The summed E-state index contributed by atoms with van der Waals surface area (Å²) >= 11 is 3.63. The molecule has 0 atom stereocenters. The first kappa shape index (κ1) is 16.3. The quantitative estimate of drug-likeness (QED) is 0.754. The highest BCUT2D eigenvalue weighted by atomic mass is 79.9. The van der Waals surface area contributed by atoms with E-state index in [-0.39, 0.29) is 11.3 Å². The summed E-state index contributed by atoms with van der Waals surface area (Å²) in [5.41, 5.74) is 0.258. The van der Waals surface area contributed by atoms with Gasteiger partial charge < -0.3 is 10.1 Å². The zero-order valence-electron chi connectivity index (χ0n) is 12.4. The maximum Gasteiger partial charge on any atom is 0.223 e. The Morgan fingerprint density at radius 3 is 2.57 bits per heavy atom. The lowest BCUT2D eigenvalue weighted by molar-refractivity contribution is -0.122. The van der Waals surface area contributed by atoms with Gasteiger partial charge in [-0.3, -0.25) is 4.79 Å². The molecule has 1 N–H and O–H groups in total. The third kappa shape index (κ3) is 5.34. The zero-order valence-corrected chi connectivity index (χ0v) is 14.0. The molecule has 0 radical (unpaired) electrons. The molecule has 1 amide bonds. The molecule has 1 fully saturated rings. The molecule has 0 aliphatic heterocycles. The van der Waals surface area contributed by atoms with Gasteiger partial charge >= 0.3 is 0 Å². The Balaban J connectivity index is 1.67. The molecular formula is C17H24BrNO2. The van der Waals surface area contributed by atoms with E-state index < -0.39 is 0 Å². The predicted molar refractivity (Wildman–Crippen MR) is 88.9 cm³/mol.